The van der Waals surface area contributed by atoms with Gasteiger partial charge in [0, 0.05) is 19.1 Å². The van der Waals surface area contributed by atoms with Crippen LogP contribution in [0.4, 0.5) is 14.5 Å². The average Bonchev–Trinajstić information content (AvgIpc) is 2.26. The summed E-state index contributed by atoms with van der Waals surface area (Å²) < 4.78 is 33.6. The average molecular weight is 270 g/mol. The quantitative estimate of drug-likeness (QED) is 0.914. The van der Waals surface area contributed by atoms with Crippen molar-refractivity contribution in [2.24, 2.45) is 5.73 Å². The van der Waals surface area contributed by atoms with E-state index in [2.05, 4.69) is 0 Å². The summed E-state index contributed by atoms with van der Waals surface area (Å²) in [5, 5.41) is 0. The van der Waals surface area contributed by atoms with Gasteiger partial charge in [0.25, 0.3) is 0 Å². The number of halogens is 2. The van der Waals surface area contributed by atoms with Crippen LogP contribution in [0.25, 0.3) is 0 Å². The number of hydrogen-bond acceptors (Lipinski definition) is 3. The first-order valence-corrected chi connectivity index (χ1v) is 6.57. The zero-order valence-corrected chi connectivity index (χ0v) is 11.3. The zero-order valence-electron chi connectivity index (χ0n) is 11.3. The fourth-order valence-electron chi connectivity index (χ4n) is 2.43. The molecule has 2 N–H and O–H groups in total. The number of benzene rings is 1. The fraction of sp³-hybridized carbons (Fsp3) is 0.571. The Bertz CT molecular complexity index is 428. The Morgan fingerprint density at radius 3 is 2.58 bits per heavy atom. The third kappa shape index (κ3) is 3.42. The molecule has 0 saturated carbocycles. The van der Waals surface area contributed by atoms with E-state index in [0.29, 0.717) is 31.7 Å². The standard InChI is InChI=1S/C14H20F2N2O/c1-9(17)5-11-6-12(15)14(13(16)7-11)18-3-4-19-10(2)8-18/h6-7,9-10H,3-5,8,17H2,1-2H3. The molecule has 1 aliphatic heterocycles. The SMILES string of the molecule is CC(N)Cc1cc(F)c(N2CCOC(C)C2)c(F)c1. The van der Waals surface area contributed by atoms with Crippen molar-refractivity contribution in [1.29, 1.82) is 0 Å². The molecular weight excluding hydrogens is 250 g/mol. The highest BCUT2D eigenvalue weighted by Crippen LogP contribution is 2.27. The normalized spacial score (nSPS) is 21.5. The van der Waals surface area contributed by atoms with Crippen LogP contribution in [0, 0.1) is 11.6 Å². The molecule has 5 heteroatoms. The van der Waals surface area contributed by atoms with Crippen molar-refractivity contribution in [3.63, 3.8) is 0 Å². The van der Waals surface area contributed by atoms with E-state index in [9.17, 15) is 8.78 Å². The van der Waals surface area contributed by atoms with Crippen LogP contribution in [0.2, 0.25) is 0 Å². The minimum absolute atomic E-state index is 0.0173. The first-order chi connectivity index (χ1) is 8.97. The van der Waals surface area contributed by atoms with Gasteiger partial charge in [-0.25, -0.2) is 8.78 Å². The maximum atomic E-state index is 14.1. The molecule has 3 nitrogen and oxygen atoms in total. The molecule has 1 aromatic rings. The Hall–Kier alpha value is -1.20. The summed E-state index contributed by atoms with van der Waals surface area (Å²) in [7, 11) is 0. The van der Waals surface area contributed by atoms with Gasteiger partial charge in [0.05, 0.1) is 12.7 Å². The summed E-state index contributed by atoms with van der Waals surface area (Å²) in [6.07, 6.45) is 0.449. The molecule has 1 aliphatic rings. The largest absolute Gasteiger partial charge is 0.375 e. The Labute approximate surface area is 112 Å². The first kappa shape index (κ1) is 14.2. The van der Waals surface area contributed by atoms with Crippen LogP contribution in [0.1, 0.15) is 19.4 Å². The van der Waals surface area contributed by atoms with Crippen LogP contribution >= 0.6 is 0 Å². The molecule has 106 valence electrons. The van der Waals surface area contributed by atoms with Crippen molar-refractivity contribution in [1.82, 2.24) is 0 Å². The number of rotatable bonds is 3. The van der Waals surface area contributed by atoms with E-state index in [1.165, 1.54) is 12.1 Å². The van der Waals surface area contributed by atoms with Gasteiger partial charge < -0.3 is 15.4 Å². The van der Waals surface area contributed by atoms with E-state index in [4.69, 9.17) is 10.5 Å². The Balaban J connectivity index is 2.25. The maximum absolute atomic E-state index is 14.1. The smallest absolute Gasteiger partial charge is 0.149 e. The molecule has 2 atom stereocenters. The molecule has 0 spiro atoms. The number of nitrogens with zero attached hydrogens (tertiary/aromatic N) is 1. The van der Waals surface area contributed by atoms with E-state index in [1.54, 1.807) is 4.90 Å². The van der Waals surface area contributed by atoms with E-state index in [1.807, 2.05) is 13.8 Å². The minimum Gasteiger partial charge on any atom is -0.375 e. The van der Waals surface area contributed by atoms with Crippen molar-refractivity contribution in [3.05, 3.63) is 29.3 Å². The van der Waals surface area contributed by atoms with E-state index in [0.717, 1.165) is 0 Å². The van der Waals surface area contributed by atoms with Crippen molar-refractivity contribution in [2.75, 3.05) is 24.6 Å². The van der Waals surface area contributed by atoms with Crippen LogP contribution < -0.4 is 10.6 Å². The summed E-state index contributed by atoms with van der Waals surface area (Å²) in [6, 6.07) is 2.64. The third-order valence-electron chi connectivity index (χ3n) is 3.19. The van der Waals surface area contributed by atoms with Gasteiger partial charge in [-0.15, -0.1) is 0 Å². The highest BCUT2D eigenvalue weighted by molar-refractivity contribution is 5.51. The topological polar surface area (TPSA) is 38.5 Å². The van der Waals surface area contributed by atoms with Gasteiger partial charge in [-0.3, -0.25) is 0 Å². The number of hydrogen-bond donors (Lipinski definition) is 1. The number of ether oxygens (including phenoxy) is 1. The Morgan fingerprint density at radius 1 is 1.42 bits per heavy atom. The molecule has 1 heterocycles. The lowest BCUT2D eigenvalue weighted by Gasteiger charge is -2.33. The Kier molecular flexibility index (Phi) is 4.37. The van der Waals surface area contributed by atoms with Crippen LogP contribution in [0.3, 0.4) is 0 Å². The molecule has 0 aliphatic carbocycles. The van der Waals surface area contributed by atoms with Gasteiger partial charge in [-0.1, -0.05) is 0 Å². The van der Waals surface area contributed by atoms with E-state index < -0.39 is 11.6 Å². The summed E-state index contributed by atoms with van der Waals surface area (Å²) in [4.78, 5) is 1.70. The highest BCUT2D eigenvalue weighted by atomic mass is 19.1. The summed E-state index contributed by atoms with van der Waals surface area (Å²) in [6.45, 7) is 5.20. The lowest BCUT2D eigenvalue weighted by atomic mass is 10.1. The number of nitrogens with two attached hydrogens (primary N) is 1. The molecule has 0 radical (unpaired) electrons. The van der Waals surface area contributed by atoms with Gasteiger partial charge in [0.1, 0.15) is 17.3 Å². The van der Waals surface area contributed by atoms with Gasteiger partial charge in [0.2, 0.25) is 0 Å². The zero-order chi connectivity index (χ0) is 14.0. The van der Waals surface area contributed by atoms with Crippen molar-refractivity contribution < 1.29 is 13.5 Å². The lowest BCUT2D eigenvalue weighted by Crippen LogP contribution is -2.42. The van der Waals surface area contributed by atoms with Gasteiger partial charge >= 0.3 is 0 Å². The van der Waals surface area contributed by atoms with Crippen LogP contribution in [-0.2, 0) is 11.2 Å². The van der Waals surface area contributed by atoms with Crippen molar-refractivity contribution in [3.8, 4) is 0 Å². The molecule has 0 amide bonds. The molecule has 0 bridgehead atoms. The third-order valence-corrected chi connectivity index (χ3v) is 3.19. The van der Waals surface area contributed by atoms with Gasteiger partial charge in [0.15, 0.2) is 0 Å². The monoisotopic (exact) mass is 270 g/mol. The van der Waals surface area contributed by atoms with Crippen molar-refractivity contribution in [2.45, 2.75) is 32.4 Å². The summed E-state index contributed by atoms with van der Waals surface area (Å²) in [5.74, 6) is -1.05. The molecule has 2 rings (SSSR count). The minimum atomic E-state index is -0.523. The maximum Gasteiger partial charge on any atom is 0.149 e. The van der Waals surface area contributed by atoms with Gasteiger partial charge in [-0.2, -0.15) is 0 Å². The molecular formula is C14H20F2N2O. The van der Waals surface area contributed by atoms with Crippen LogP contribution in [0.5, 0.6) is 0 Å². The second kappa shape index (κ2) is 5.84. The lowest BCUT2D eigenvalue weighted by molar-refractivity contribution is 0.0527. The Morgan fingerprint density at radius 2 is 2.05 bits per heavy atom. The highest BCUT2D eigenvalue weighted by Gasteiger charge is 2.23. The van der Waals surface area contributed by atoms with E-state index >= 15 is 0 Å². The predicted molar refractivity (Wildman–Crippen MR) is 71.3 cm³/mol. The van der Waals surface area contributed by atoms with Crippen LogP contribution in [-0.4, -0.2) is 31.8 Å². The second-order valence-electron chi connectivity index (χ2n) is 5.22. The molecule has 1 saturated heterocycles. The predicted octanol–water partition coefficient (Wildman–Crippen LogP) is 2.08. The summed E-state index contributed by atoms with van der Waals surface area (Å²) in [5.41, 5.74) is 6.29. The molecule has 0 aromatic heterocycles. The number of anilines is 1. The van der Waals surface area contributed by atoms with Crippen molar-refractivity contribution >= 4 is 5.69 Å². The van der Waals surface area contributed by atoms with Crippen LogP contribution in [0.15, 0.2) is 12.1 Å². The number of morpholine rings is 1. The fourth-order valence-corrected chi connectivity index (χ4v) is 2.43. The molecule has 2 unspecified atom stereocenters. The summed E-state index contributed by atoms with van der Waals surface area (Å²) >= 11 is 0. The molecule has 1 aromatic carbocycles. The molecule has 19 heavy (non-hydrogen) atoms. The first-order valence-electron chi connectivity index (χ1n) is 6.57. The van der Waals surface area contributed by atoms with E-state index in [-0.39, 0.29) is 17.8 Å². The molecule has 1 fully saturated rings. The van der Waals surface area contributed by atoms with Gasteiger partial charge in [-0.05, 0) is 38.0 Å². The second-order valence-corrected chi connectivity index (χ2v) is 5.22.